The van der Waals surface area contributed by atoms with Crippen LogP contribution in [0.2, 0.25) is 0 Å². The van der Waals surface area contributed by atoms with Gasteiger partial charge in [0.05, 0.1) is 6.20 Å². The monoisotopic (exact) mass is 354 g/mol. The summed E-state index contributed by atoms with van der Waals surface area (Å²) in [5.41, 5.74) is 1.24. The van der Waals surface area contributed by atoms with E-state index in [1.54, 1.807) is 18.5 Å². The van der Waals surface area contributed by atoms with E-state index in [0.29, 0.717) is 5.75 Å². The number of hydrogen-bond acceptors (Lipinski definition) is 4. The van der Waals surface area contributed by atoms with Gasteiger partial charge in [0.2, 0.25) is 0 Å². The molecule has 3 heterocycles. The molecule has 1 aliphatic rings. The van der Waals surface area contributed by atoms with Crippen LogP contribution in [0.3, 0.4) is 0 Å². The van der Waals surface area contributed by atoms with E-state index in [0.717, 1.165) is 49.8 Å². The van der Waals surface area contributed by atoms with E-state index in [2.05, 4.69) is 28.1 Å². The summed E-state index contributed by atoms with van der Waals surface area (Å²) < 4.78 is 22.2. The van der Waals surface area contributed by atoms with Gasteiger partial charge in [0, 0.05) is 55.7 Å². The fraction of sp³-hybridized carbons (Fsp3) is 0.400. The molecule has 2 aromatic heterocycles. The number of aryl methyl sites for hydroxylation is 1. The molecule has 0 amide bonds. The zero-order valence-corrected chi connectivity index (χ0v) is 14.9. The van der Waals surface area contributed by atoms with Crippen LogP contribution in [0.25, 0.3) is 10.8 Å². The molecule has 4 rings (SSSR count). The van der Waals surface area contributed by atoms with Crippen LogP contribution in [0.15, 0.2) is 43.0 Å². The molecule has 1 aromatic carbocycles. The molecule has 0 unspecified atom stereocenters. The van der Waals surface area contributed by atoms with Gasteiger partial charge in [-0.25, -0.2) is 4.39 Å². The normalized spacial score (nSPS) is 16.2. The van der Waals surface area contributed by atoms with Crippen LogP contribution in [0.1, 0.15) is 25.3 Å². The number of aromatic nitrogens is 3. The topological polar surface area (TPSA) is 43.2 Å². The zero-order chi connectivity index (χ0) is 17.9. The fourth-order valence-electron chi connectivity index (χ4n) is 3.46. The molecule has 26 heavy (non-hydrogen) atoms. The van der Waals surface area contributed by atoms with Gasteiger partial charge in [0.25, 0.3) is 0 Å². The maximum Gasteiger partial charge on any atom is 0.165 e. The molecular formula is C20H23FN4O. The van der Waals surface area contributed by atoms with Gasteiger partial charge in [-0.05, 0) is 43.4 Å². The van der Waals surface area contributed by atoms with Crippen LogP contribution in [-0.4, -0.2) is 38.9 Å². The minimum Gasteiger partial charge on any atom is -0.487 e. The highest BCUT2D eigenvalue weighted by Crippen LogP contribution is 2.27. The molecule has 1 fully saturated rings. The Labute approximate surface area is 152 Å². The van der Waals surface area contributed by atoms with E-state index in [1.165, 1.54) is 11.6 Å². The Bertz CT molecular complexity index is 886. The highest BCUT2D eigenvalue weighted by Gasteiger charge is 2.22. The lowest BCUT2D eigenvalue weighted by molar-refractivity contribution is 0.0937. The number of likely N-dealkylation sites (tertiary alicyclic amines) is 1. The number of rotatable bonds is 5. The summed E-state index contributed by atoms with van der Waals surface area (Å²) in [6.07, 6.45) is 9.27. The average Bonchev–Trinajstić information content (AvgIpc) is 3.11. The molecule has 0 N–H and O–H groups in total. The number of nitrogens with zero attached hydrogens (tertiary/aromatic N) is 4. The molecule has 1 aliphatic heterocycles. The van der Waals surface area contributed by atoms with Crippen LogP contribution >= 0.6 is 0 Å². The number of fused-ring (bicyclic) bond motifs is 1. The van der Waals surface area contributed by atoms with Gasteiger partial charge in [0.15, 0.2) is 11.6 Å². The predicted molar refractivity (Wildman–Crippen MR) is 98.5 cm³/mol. The number of halogens is 1. The van der Waals surface area contributed by atoms with E-state index >= 15 is 0 Å². The Kier molecular flexibility index (Phi) is 4.84. The lowest BCUT2D eigenvalue weighted by Crippen LogP contribution is -2.37. The molecule has 0 spiro atoms. The second-order valence-electron chi connectivity index (χ2n) is 6.80. The lowest BCUT2D eigenvalue weighted by atomic mass is 10.1. The Morgan fingerprint density at radius 2 is 2.04 bits per heavy atom. The van der Waals surface area contributed by atoms with Gasteiger partial charge in [-0.2, -0.15) is 5.10 Å². The zero-order valence-electron chi connectivity index (χ0n) is 14.9. The first-order valence-corrected chi connectivity index (χ1v) is 9.15. The minimum atomic E-state index is -0.320. The lowest BCUT2D eigenvalue weighted by Gasteiger charge is -2.32. The maximum absolute atomic E-state index is 14.3. The number of hydrogen-bond donors (Lipinski definition) is 0. The summed E-state index contributed by atoms with van der Waals surface area (Å²) in [7, 11) is 0. The Morgan fingerprint density at radius 1 is 1.19 bits per heavy atom. The highest BCUT2D eigenvalue weighted by molar-refractivity contribution is 5.83. The van der Waals surface area contributed by atoms with E-state index in [9.17, 15) is 4.39 Å². The molecule has 5 nitrogen and oxygen atoms in total. The van der Waals surface area contributed by atoms with Crippen LogP contribution < -0.4 is 4.74 Å². The number of pyridine rings is 1. The van der Waals surface area contributed by atoms with Crippen LogP contribution in [0, 0.1) is 5.82 Å². The summed E-state index contributed by atoms with van der Waals surface area (Å²) >= 11 is 0. The molecule has 0 bridgehead atoms. The van der Waals surface area contributed by atoms with Crippen molar-refractivity contribution in [1.82, 2.24) is 19.7 Å². The van der Waals surface area contributed by atoms with Crippen molar-refractivity contribution in [2.75, 3.05) is 13.1 Å². The molecule has 0 atom stereocenters. The van der Waals surface area contributed by atoms with E-state index < -0.39 is 0 Å². The quantitative estimate of drug-likeness (QED) is 0.702. The second-order valence-corrected chi connectivity index (χ2v) is 6.80. The Balaban J connectivity index is 1.35. The third-order valence-electron chi connectivity index (χ3n) is 4.94. The maximum atomic E-state index is 14.3. The molecule has 0 saturated carbocycles. The fourth-order valence-corrected chi connectivity index (χ4v) is 3.46. The summed E-state index contributed by atoms with van der Waals surface area (Å²) in [5.74, 6) is 0.0197. The van der Waals surface area contributed by atoms with Crippen molar-refractivity contribution in [3.05, 3.63) is 54.4 Å². The minimum absolute atomic E-state index is 0.0541. The first-order valence-electron chi connectivity index (χ1n) is 9.15. The predicted octanol–water partition coefficient (Wildman–Crippen LogP) is 3.63. The molecule has 3 aromatic rings. The van der Waals surface area contributed by atoms with E-state index in [-0.39, 0.29) is 11.9 Å². The van der Waals surface area contributed by atoms with Crippen LogP contribution in [0.4, 0.5) is 4.39 Å². The van der Waals surface area contributed by atoms with Crippen molar-refractivity contribution < 1.29 is 9.13 Å². The number of benzene rings is 1. The number of piperidine rings is 1. The molecule has 0 radical (unpaired) electrons. The third-order valence-corrected chi connectivity index (χ3v) is 4.94. The molecule has 1 saturated heterocycles. The largest absolute Gasteiger partial charge is 0.487 e. The van der Waals surface area contributed by atoms with Crippen molar-refractivity contribution in [1.29, 1.82) is 0 Å². The van der Waals surface area contributed by atoms with Crippen molar-refractivity contribution >= 4 is 10.8 Å². The highest BCUT2D eigenvalue weighted by atomic mass is 19.1. The van der Waals surface area contributed by atoms with Crippen molar-refractivity contribution in [3.63, 3.8) is 0 Å². The summed E-state index contributed by atoms with van der Waals surface area (Å²) in [6, 6.07) is 5.15. The van der Waals surface area contributed by atoms with Crippen molar-refractivity contribution in [2.24, 2.45) is 0 Å². The van der Waals surface area contributed by atoms with Gasteiger partial charge in [-0.15, -0.1) is 0 Å². The molecule has 0 aliphatic carbocycles. The second kappa shape index (κ2) is 7.41. The summed E-state index contributed by atoms with van der Waals surface area (Å²) in [6.45, 7) is 5.78. The van der Waals surface area contributed by atoms with Crippen molar-refractivity contribution in [3.8, 4) is 5.75 Å². The summed E-state index contributed by atoms with van der Waals surface area (Å²) in [4.78, 5) is 6.43. The number of ether oxygens (including phenoxy) is 1. The van der Waals surface area contributed by atoms with Gasteiger partial charge in [0.1, 0.15) is 6.10 Å². The Hall–Kier alpha value is -2.47. The van der Waals surface area contributed by atoms with Gasteiger partial charge < -0.3 is 4.74 Å². The van der Waals surface area contributed by atoms with Crippen molar-refractivity contribution in [2.45, 2.75) is 39.0 Å². The smallest absolute Gasteiger partial charge is 0.165 e. The SMILES string of the molecule is CCn1cc(CN2CCC(Oc3cc4ccncc4cc3F)CC2)cn1. The first kappa shape index (κ1) is 17.0. The average molecular weight is 354 g/mol. The molecule has 136 valence electrons. The first-order chi connectivity index (χ1) is 12.7. The van der Waals surface area contributed by atoms with E-state index in [4.69, 9.17) is 4.74 Å². The van der Waals surface area contributed by atoms with Crippen LogP contribution in [0.5, 0.6) is 5.75 Å². The molecule has 6 heteroatoms. The standard InChI is InChI=1S/C20H23FN4O/c1-2-25-14-15(11-23-25)13-24-7-4-18(5-8-24)26-20-10-16-3-6-22-12-17(16)9-19(20)21/h3,6,9-12,14,18H,2,4-5,7-8,13H2,1H3. The third kappa shape index (κ3) is 3.70. The van der Waals surface area contributed by atoms with Gasteiger partial charge in [-0.3, -0.25) is 14.6 Å². The molecular weight excluding hydrogens is 331 g/mol. The summed E-state index contributed by atoms with van der Waals surface area (Å²) in [5, 5.41) is 6.06. The van der Waals surface area contributed by atoms with Gasteiger partial charge in [-0.1, -0.05) is 0 Å². The van der Waals surface area contributed by atoms with Crippen LogP contribution in [-0.2, 0) is 13.1 Å². The van der Waals surface area contributed by atoms with E-state index in [1.807, 2.05) is 16.9 Å². The van der Waals surface area contributed by atoms with Gasteiger partial charge >= 0.3 is 0 Å². The Morgan fingerprint density at radius 3 is 2.81 bits per heavy atom.